The molecule has 0 aromatic heterocycles. The van der Waals surface area contributed by atoms with Crippen LogP contribution in [0.1, 0.15) is 19.8 Å². The first kappa shape index (κ1) is 10.0. The fraction of sp³-hybridized carbons (Fsp3) is 0.778. The molecule has 1 aliphatic heterocycles. The minimum Gasteiger partial charge on any atom is -0.481 e. The van der Waals surface area contributed by atoms with Crippen molar-refractivity contribution in [1.82, 2.24) is 4.90 Å². The number of hydrogen-bond acceptors (Lipinski definition) is 2. The summed E-state index contributed by atoms with van der Waals surface area (Å²) in [6.45, 7) is 2.97. The summed E-state index contributed by atoms with van der Waals surface area (Å²) >= 11 is 0. The number of hydrogen-bond donors (Lipinski definition) is 1. The Balaban J connectivity index is 2.74. The summed E-state index contributed by atoms with van der Waals surface area (Å²) in [5, 5.41) is 8.69. The third-order valence-corrected chi connectivity index (χ3v) is 2.82. The molecule has 4 heteroatoms. The lowest BCUT2D eigenvalue weighted by Gasteiger charge is -2.26. The average molecular weight is 185 g/mol. The van der Waals surface area contributed by atoms with E-state index in [-0.39, 0.29) is 12.5 Å². The largest absolute Gasteiger partial charge is 0.481 e. The predicted molar refractivity (Wildman–Crippen MR) is 50.2 cm³/mol. The molecular weight excluding hydrogens is 168 g/mol. The molecule has 0 amide bonds. The van der Waals surface area contributed by atoms with Crippen LogP contribution in [-0.4, -0.2) is 53.1 Å². The lowest BCUT2D eigenvalue weighted by atomic mass is 10.1. The number of carboxylic acids is 1. The van der Waals surface area contributed by atoms with Crippen LogP contribution < -0.4 is 0 Å². The number of rotatable bonds is 2. The third kappa shape index (κ3) is 2.20. The van der Waals surface area contributed by atoms with Gasteiger partial charge in [-0.3, -0.25) is 14.3 Å². The van der Waals surface area contributed by atoms with Gasteiger partial charge >= 0.3 is 5.97 Å². The predicted octanol–water partition coefficient (Wildman–Crippen LogP) is 0.226. The maximum Gasteiger partial charge on any atom is 0.307 e. The number of aliphatic carboxylic acids is 1. The van der Waals surface area contributed by atoms with E-state index in [9.17, 15) is 4.79 Å². The van der Waals surface area contributed by atoms with Crippen LogP contribution in [0.2, 0.25) is 0 Å². The van der Waals surface area contributed by atoms with Gasteiger partial charge in [0.2, 0.25) is 5.84 Å². The van der Waals surface area contributed by atoms with Crippen molar-refractivity contribution in [2.75, 3.05) is 20.6 Å². The number of carboxylic acid groups (broad SMARTS) is 1. The molecule has 1 unspecified atom stereocenters. The fourth-order valence-electron chi connectivity index (χ4n) is 1.67. The quantitative estimate of drug-likeness (QED) is 0.626. The molecule has 1 atom stereocenters. The zero-order valence-electron chi connectivity index (χ0n) is 8.45. The Kier molecular flexibility index (Phi) is 2.90. The van der Waals surface area contributed by atoms with Crippen LogP contribution in [0, 0.1) is 0 Å². The SMILES string of the molecule is CC1=[N+](C)C(CC(=O)O)CCN1C. The van der Waals surface area contributed by atoms with Crippen LogP contribution in [0.25, 0.3) is 0 Å². The summed E-state index contributed by atoms with van der Waals surface area (Å²) < 4.78 is 2.05. The molecule has 1 aliphatic rings. The van der Waals surface area contributed by atoms with Gasteiger partial charge in [0.1, 0.15) is 6.04 Å². The van der Waals surface area contributed by atoms with Gasteiger partial charge in [0, 0.05) is 13.3 Å². The van der Waals surface area contributed by atoms with Crippen LogP contribution in [0.4, 0.5) is 0 Å². The summed E-state index contributed by atoms with van der Waals surface area (Å²) in [6, 6.07) is 0.161. The van der Waals surface area contributed by atoms with E-state index < -0.39 is 5.97 Å². The number of nitrogens with zero attached hydrogens (tertiary/aromatic N) is 2. The van der Waals surface area contributed by atoms with Crippen molar-refractivity contribution in [2.45, 2.75) is 25.8 Å². The van der Waals surface area contributed by atoms with Gasteiger partial charge in [0.15, 0.2) is 0 Å². The number of amidine groups is 1. The molecule has 1 rings (SSSR count). The van der Waals surface area contributed by atoms with E-state index in [0.29, 0.717) is 0 Å². The summed E-state index contributed by atoms with van der Waals surface area (Å²) in [7, 11) is 3.99. The van der Waals surface area contributed by atoms with Crippen molar-refractivity contribution < 1.29 is 14.5 Å². The van der Waals surface area contributed by atoms with Crippen molar-refractivity contribution in [3.63, 3.8) is 0 Å². The normalized spacial score (nSPS) is 23.6. The zero-order valence-corrected chi connectivity index (χ0v) is 8.45. The molecular formula is C9H17N2O2+. The topological polar surface area (TPSA) is 43.6 Å². The second-order valence-electron chi connectivity index (χ2n) is 3.62. The van der Waals surface area contributed by atoms with E-state index in [1.54, 1.807) is 0 Å². The molecule has 0 saturated carbocycles. The smallest absolute Gasteiger partial charge is 0.307 e. The number of carbonyl (C=O) groups is 1. The van der Waals surface area contributed by atoms with Crippen LogP contribution in [-0.2, 0) is 4.79 Å². The summed E-state index contributed by atoms with van der Waals surface area (Å²) in [5.74, 6) is 0.437. The van der Waals surface area contributed by atoms with Gasteiger partial charge in [0.25, 0.3) is 0 Å². The highest BCUT2D eigenvalue weighted by Gasteiger charge is 2.28. The molecule has 0 aliphatic carbocycles. The Hall–Kier alpha value is -1.06. The van der Waals surface area contributed by atoms with E-state index in [4.69, 9.17) is 5.11 Å². The van der Waals surface area contributed by atoms with Crippen molar-refractivity contribution in [3.8, 4) is 0 Å². The highest BCUT2D eigenvalue weighted by Crippen LogP contribution is 2.10. The molecule has 4 nitrogen and oxygen atoms in total. The highest BCUT2D eigenvalue weighted by molar-refractivity contribution is 5.75. The molecule has 0 saturated heterocycles. The summed E-state index contributed by atoms with van der Waals surface area (Å²) in [6.07, 6.45) is 1.16. The molecule has 0 bridgehead atoms. The molecule has 0 fully saturated rings. The van der Waals surface area contributed by atoms with Crippen LogP contribution >= 0.6 is 0 Å². The average Bonchev–Trinajstić information content (AvgIpc) is 2.06. The highest BCUT2D eigenvalue weighted by atomic mass is 16.4. The molecule has 1 N–H and O–H groups in total. The molecule has 1 heterocycles. The van der Waals surface area contributed by atoms with E-state index in [2.05, 4.69) is 9.48 Å². The maximum absolute atomic E-state index is 10.6. The molecule has 0 aromatic carbocycles. The van der Waals surface area contributed by atoms with Crippen molar-refractivity contribution >= 4 is 11.8 Å². The fourth-order valence-corrected chi connectivity index (χ4v) is 1.67. The minimum atomic E-state index is -0.714. The lowest BCUT2D eigenvalue weighted by Crippen LogP contribution is -2.44. The molecule has 0 aromatic rings. The van der Waals surface area contributed by atoms with E-state index >= 15 is 0 Å². The first-order valence-electron chi connectivity index (χ1n) is 4.51. The van der Waals surface area contributed by atoms with Crippen LogP contribution in [0.15, 0.2) is 0 Å². The Morgan fingerprint density at radius 1 is 1.77 bits per heavy atom. The van der Waals surface area contributed by atoms with Crippen LogP contribution in [0.3, 0.4) is 0 Å². The first-order chi connectivity index (χ1) is 6.02. The Morgan fingerprint density at radius 3 is 2.92 bits per heavy atom. The van der Waals surface area contributed by atoms with Crippen molar-refractivity contribution in [1.29, 1.82) is 0 Å². The monoisotopic (exact) mass is 185 g/mol. The Bertz CT molecular complexity index is 248. The second-order valence-corrected chi connectivity index (χ2v) is 3.62. The van der Waals surface area contributed by atoms with Gasteiger partial charge in [-0.25, -0.2) is 0 Å². The van der Waals surface area contributed by atoms with E-state index in [0.717, 1.165) is 18.8 Å². The van der Waals surface area contributed by atoms with Crippen molar-refractivity contribution in [3.05, 3.63) is 0 Å². The molecule has 0 spiro atoms. The van der Waals surface area contributed by atoms with Gasteiger partial charge < -0.3 is 5.11 Å². The van der Waals surface area contributed by atoms with Gasteiger partial charge in [-0.1, -0.05) is 0 Å². The van der Waals surface area contributed by atoms with Crippen LogP contribution in [0.5, 0.6) is 0 Å². The molecule has 74 valence electrons. The Morgan fingerprint density at radius 2 is 2.38 bits per heavy atom. The molecule has 0 radical (unpaired) electrons. The van der Waals surface area contributed by atoms with Gasteiger partial charge in [-0.15, -0.1) is 0 Å². The van der Waals surface area contributed by atoms with Gasteiger partial charge in [0.05, 0.1) is 27.1 Å². The van der Waals surface area contributed by atoms with E-state index in [1.165, 1.54) is 0 Å². The second kappa shape index (κ2) is 3.77. The van der Waals surface area contributed by atoms with Gasteiger partial charge in [-0.2, -0.15) is 0 Å². The lowest BCUT2D eigenvalue weighted by molar-refractivity contribution is -0.549. The third-order valence-electron chi connectivity index (χ3n) is 2.82. The summed E-state index contributed by atoms with van der Waals surface area (Å²) in [5.41, 5.74) is 0. The van der Waals surface area contributed by atoms with Gasteiger partial charge in [-0.05, 0) is 0 Å². The minimum absolute atomic E-state index is 0.161. The maximum atomic E-state index is 10.6. The first-order valence-corrected chi connectivity index (χ1v) is 4.51. The Labute approximate surface area is 78.5 Å². The van der Waals surface area contributed by atoms with E-state index in [1.807, 2.05) is 21.0 Å². The standard InChI is InChI=1S/C9H16N2O2/c1-7-10(2)5-4-8(11(7)3)6-9(12)13/h8H,4-6H2,1-3H3/p+1. The van der Waals surface area contributed by atoms with Crippen molar-refractivity contribution in [2.24, 2.45) is 0 Å². The zero-order chi connectivity index (χ0) is 10.0. The summed E-state index contributed by atoms with van der Waals surface area (Å²) in [4.78, 5) is 12.7. The molecule has 13 heavy (non-hydrogen) atoms.